The van der Waals surface area contributed by atoms with Gasteiger partial charge in [0, 0.05) is 0 Å². The Morgan fingerprint density at radius 2 is 1.12 bits per heavy atom. The highest BCUT2D eigenvalue weighted by atomic mass is 31.2. The Morgan fingerprint density at radius 1 is 0.720 bits per heavy atom. The van der Waals surface area contributed by atoms with Crippen LogP contribution < -0.4 is 0 Å². The Labute approximate surface area is 156 Å². The highest BCUT2D eigenvalue weighted by molar-refractivity contribution is 7.47. The third-order valence-corrected chi connectivity index (χ3v) is 5.57. The van der Waals surface area contributed by atoms with Crippen molar-refractivity contribution in [3.63, 3.8) is 0 Å². The molecule has 0 aliphatic rings. The van der Waals surface area contributed by atoms with E-state index in [0.29, 0.717) is 6.61 Å². The summed E-state index contributed by atoms with van der Waals surface area (Å²) in [6.45, 7) is 6.81. The molecule has 25 heavy (non-hydrogen) atoms. The van der Waals surface area contributed by atoms with Crippen LogP contribution in [0.2, 0.25) is 0 Å². The fourth-order valence-electron chi connectivity index (χ4n) is 2.98. The van der Waals surface area contributed by atoms with Gasteiger partial charge in [-0.25, -0.2) is 4.57 Å². The molecule has 0 rings (SSSR count). The number of unbranched alkanes of at least 4 members (excludes halogenated alkanes) is 12. The average molecular weight is 379 g/mol. The number of rotatable bonds is 19. The van der Waals surface area contributed by atoms with Crippen LogP contribution in [0.25, 0.3) is 0 Å². The van der Waals surface area contributed by atoms with Gasteiger partial charge in [-0.1, -0.05) is 97.3 Å². The van der Waals surface area contributed by atoms with E-state index in [2.05, 4.69) is 18.4 Å². The second kappa shape index (κ2) is 17.5. The van der Waals surface area contributed by atoms with E-state index < -0.39 is 7.82 Å². The molecule has 5 heteroatoms. The van der Waals surface area contributed by atoms with Gasteiger partial charge in [0.25, 0.3) is 0 Å². The lowest BCUT2D eigenvalue weighted by Crippen LogP contribution is -1.96. The number of phosphoric ester groups is 1. The quantitative estimate of drug-likeness (QED) is 0.190. The van der Waals surface area contributed by atoms with Crippen LogP contribution in [-0.4, -0.2) is 18.1 Å². The number of hydrogen-bond donors (Lipinski definition) is 1. The number of phosphoric acid groups is 1. The molecule has 1 atom stereocenters. The van der Waals surface area contributed by atoms with Gasteiger partial charge in [0.1, 0.15) is 0 Å². The normalized spacial score (nSPS) is 14.1. The monoisotopic (exact) mass is 378 g/mol. The Kier molecular flexibility index (Phi) is 17.6. The van der Waals surface area contributed by atoms with Gasteiger partial charge in [0.05, 0.1) is 13.2 Å². The van der Waals surface area contributed by atoms with E-state index in [4.69, 9.17) is 4.52 Å². The van der Waals surface area contributed by atoms with Gasteiger partial charge in [-0.2, -0.15) is 0 Å². The molecule has 0 saturated heterocycles. The van der Waals surface area contributed by atoms with Crippen molar-refractivity contribution in [3.05, 3.63) is 0 Å². The molecule has 0 spiro atoms. The van der Waals surface area contributed by atoms with Gasteiger partial charge in [-0.05, 0) is 19.3 Å². The molecule has 152 valence electrons. The Balaban J connectivity index is 3.13. The van der Waals surface area contributed by atoms with Crippen molar-refractivity contribution < 1.29 is 18.5 Å². The molecule has 0 aliphatic heterocycles. The summed E-state index contributed by atoms with van der Waals surface area (Å²) in [4.78, 5) is 9.25. The Morgan fingerprint density at radius 3 is 1.52 bits per heavy atom. The summed E-state index contributed by atoms with van der Waals surface area (Å²) >= 11 is 0. The predicted octanol–water partition coefficient (Wildman–Crippen LogP) is 7.26. The maximum Gasteiger partial charge on any atom is 0.472 e. The molecule has 0 aromatic rings. The van der Waals surface area contributed by atoms with Crippen LogP contribution in [-0.2, 0) is 13.6 Å². The van der Waals surface area contributed by atoms with Crippen LogP contribution in [0.1, 0.15) is 111 Å². The Bertz CT molecular complexity index is 321. The van der Waals surface area contributed by atoms with Crippen molar-refractivity contribution >= 4 is 7.82 Å². The molecule has 0 fully saturated rings. The molecule has 0 aromatic carbocycles. The molecule has 0 bridgehead atoms. The lowest BCUT2D eigenvalue weighted by molar-refractivity contribution is 0.153. The van der Waals surface area contributed by atoms with E-state index in [1.807, 2.05) is 0 Å². The molecule has 0 aromatic heterocycles. The van der Waals surface area contributed by atoms with Crippen LogP contribution in [0.5, 0.6) is 0 Å². The lowest BCUT2D eigenvalue weighted by atomic mass is 10.0. The van der Waals surface area contributed by atoms with Gasteiger partial charge in [0.2, 0.25) is 0 Å². The summed E-state index contributed by atoms with van der Waals surface area (Å²) < 4.78 is 20.8. The van der Waals surface area contributed by atoms with Crippen LogP contribution in [0.15, 0.2) is 0 Å². The first-order chi connectivity index (χ1) is 12.0. The SMILES string of the molecule is CCOP(=O)(O)OCCCCCCCCCCCCCCCC(C)C. The lowest BCUT2D eigenvalue weighted by Gasteiger charge is -2.10. The van der Waals surface area contributed by atoms with E-state index in [-0.39, 0.29) is 6.61 Å². The van der Waals surface area contributed by atoms with Crippen molar-refractivity contribution in [1.82, 2.24) is 0 Å². The van der Waals surface area contributed by atoms with Crippen molar-refractivity contribution in [2.45, 2.75) is 111 Å². The molecule has 0 aliphatic carbocycles. The fourth-order valence-corrected chi connectivity index (χ4v) is 3.74. The summed E-state index contributed by atoms with van der Waals surface area (Å²) in [6.07, 6.45) is 18.2. The zero-order chi connectivity index (χ0) is 18.8. The highest BCUT2D eigenvalue weighted by Crippen LogP contribution is 2.42. The second-order valence-electron chi connectivity index (χ2n) is 7.50. The summed E-state index contributed by atoms with van der Waals surface area (Å²) in [6, 6.07) is 0. The van der Waals surface area contributed by atoms with Crippen LogP contribution >= 0.6 is 7.82 Å². The zero-order valence-electron chi connectivity index (χ0n) is 17.0. The maximum atomic E-state index is 11.3. The van der Waals surface area contributed by atoms with Gasteiger partial charge < -0.3 is 4.89 Å². The number of hydrogen-bond acceptors (Lipinski definition) is 3. The topological polar surface area (TPSA) is 55.8 Å². The molecule has 1 unspecified atom stereocenters. The minimum atomic E-state index is -3.78. The van der Waals surface area contributed by atoms with Crippen molar-refractivity contribution in [2.24, 2.45) is 5.92 Å². The van der Waals surface area contributed by atoms with Gasteiger partial charge in [-0.3, -0.25) is 9.05 Å². The first-order valence-corrected chi connectivity index (χ1v) is 12.1. The van der Waals surface area contributed by atoms with Crippen LogP contribution in [0, 0.1) is 5.92 Å². The van der Waals surface area contributed by atoms with Crippen molar-refractivity contribution in [1.29, 1.82) is 0 Å². The smallest absolute Gasteiger partial charge is 0.302 e. The average Bonchev–Trinajstić information content (AvgIpc) is 2.54. The standard InChI is InChI=1S/C20H43O4P/c1-4-23-25(21,22)24-19-17-15-13-11-9-7-5-6-8-10-12-14-16-18-20(2)3/h20H,4-19H2,1-3H3,(H,21,22). The molecule has 0 radical (unpaired) electrons. The van der Waals surface area contributed by atoms with Crippen LogP contribution in [0.3, 0.4) is 0 Å². The van der Waals surface area contributed by atoms with Gasteiger partial charge in [-0.15, -0.1) is 0 Å². The van der Waals surface area contributed by atoms with Gasteiger partial charge >= 0.3 is 7.82 Å². The van der Waals surface area contributed by atoms with Crippen molar-refractivity contribution in [3.8, 4) is 0 Å². The summed E-state index contributed by atoms with van der Waals surface area (Å²) in [5.74, 6) is 0.860. The first-order valence-electron chi connectivity index (χ1n) is 10.6. The predicted molar refractivity (Wildman–Crippen MR) is 107 cm³/mol. The summed E-state index contributed by atoms with van der Waals surface area (Å²) in [7, 11) is -3.78. The molecule has 0 heterocycles. The molecule has 1 N–H and O–H groups in total. The summed E-state index contributed by atoms with van der Waals surface area (Å²) in [5.41, 5.74) is 0. The molecule has 0 saturated carbocycles. The highest BCUT2D eigenvalue weighted by Gasteiger charge is 2.18. The van der Waals surface area contributed by atoms with Gasteiger partial charge in [0.15, 0.2) is 0 Å². The van der Waals surface area contributed by atoms with Crippen LogP contribution in [0.4, 0.5) is 0 Å². The van der Waals surface area contributed by atoms with Crippen molar-refractivity contribution in [2.75, 3.05) is 13.2 Å². The largest absolute Gasteiger partial charge is 0.472 e. The molecular weight excluding hydrogens is 335 g/mol. The van der Waals surface area contributed by atoms with E-state index in [1.165, 1.54) is 77.0 Å². The first kappa shape index (κ1) is 25.1. The molecule has 0 amide bonds. The zero-order valence-corrected chi connectivity index (χ0v) is 17.9. The van der Waals surface area contributed by atoms with E-state index in [9.17, 15) is 9.46 Å². The minimum absolute atomic E-state index is 0.200. The summed E-state index contributed by atoms with van der Waals surface area (Å²) in [5, 5.41) is 0. The Hall–Kier alpha value is 0.110. The third kappa shape index (κ3) is 20.3. The van der Waals surface area contributed by atoms with E-state index in [0.717, 1.165) is 18.8 Å². The molecular formula is C20H43O4P. The maximum absolute atomic E-state index is 11.3. The second-order valence-corrected chi connectivity index (χ2v) is 8.95. The van der Waals surface area contributed by atoms with E-state index in [1.54, 1.807) is 6.92 Å². The minimum Gasteiger partial charge on any atom is -0.302 e. The molecule has 4 nitrogen and oxygen atoms in total. The van der Waals surface area contributed by atoms with E-state index >= 15 is 0 Å². The fraction of sp³-hybridized carbons (Fsp3) is 1.00. The third-order valence-electron chi connectivity index (χ3n) is 4.47.